The van der Waals surface area contributed by atoms with Gasteiger partial charge in [-0.15, -0.1) is 0 Å². The van der Waals surface area contributed by atoms with Gasteiger partial charge in [-0.2, -0.15) is 0 Å². The van der Waals surface area contributed by atoms with Crippen molar-refractivity contribution in [3.63, 3.8) is 0 Å². The molecular weight excluding hydrogens is 102 g/mol. The number of hydrogen-bond acceptors (Lipinski definition) is 2. The quantitative estimate of drug-likeness (QED) is 0.504. The zero-order valence-corrected chi connectivity index (χ0v) is 4.59. The molecule has 0 aromatic rings. The van der Waals surface area contributed by atoms with Crippen LogP contribution in [0.25, 0.3) is 0 Å². The summed E-state index contributed by atoms with van der Waals surface area (Å²) in [4.78, 5) is 0. The lowest BCUT2D eigenvalue weighted by Gasteiger charge is -2.02. The molecule has 8 heavy (non-hydrogen) atoms. The molecular formula is C6H11NO. The van der Waals surface area contributed by atoms with Crippen molar-refractivity contribution in [1.82, 2.24) is 5.48 Å². The molecule has 0 saturated carbocycles. The summed E-state index contributed by atoms with van der Waals surface area (Å²) in [6.45, 7) is 0. The van der Waals surface area contributed by atoms with Crippen molar-refractivity contribution >= 4 is 0 Å². The number of rotatable bonds is 1. The lowest BCUT2D eigenvalue weighted by molar-refractivity contribution is 0.204. The van der Waals surface area contributed by atoms with Crippen LogP contribution in [-0.2, 0) is 0 Å². The van der Waals surface area contributed by atoms with Gasteiger partial charge < -0.3 is 0 Å². The molecule has 0 aromatic heterocycles. The third kappa shape index (κ3) is 1.10. The standard InChI is InChI=1S/C6H9NO.H2/c8-7-6-4-2-1-3-5-6;/h2,4-5,7-8H,1,3H2;1H. The van der Waals surface area contributed by atoms with Gasteiger partial charge in [-0.05, 0) is 18.9 Å². The Balaban J connectivity index is 0.000000640. The monoisotopic (exact) mass is 113 g/mol. The summed E-state index contributed by atoms with van der Waals surface area (Å²) in [6, 6.07) is 0. The van der Waals surface area contributed by atoms with Gasteiger partial charge in [0.15, 0.2) is 0 Å². The van der Waals surface area contributed by atoms with Crippen molar-refractivity contribution in [1.29, 1.82) is 0 Å². The highest BCUT2D eigenvalue weighted by atomic mass is 16.5. The van der Waals surface area contributed by atoms with Crippen molar-refractivity contribution in [2.45, 2.75) is 12.8 Å². The van der Waals surface area contributed by atoms with E-state index in [9.17, 15) is 0 Å². The van der Waals surface area contributed by atoms with Crippen LogP contribution in [0.4, 0.5) is 0 Å². The molecule has 2 nitrogen and oxygen atoms in total. The highest BCUT2D eigenvalue weighted by molar-refractivity contribution is 5.18. The second kappa shape index (κ2) is 2.52. The van der Waals surface area contributed by atoms with E-state index in [4.69, 9.17) is 5.21 Å². The van der Waals surface area contributed by atoms with E-state index < -0.39 is 0 Å². The van der Waals surface area contributed by atoms with Crippen LogP contribution < -0.4 is 5.48 Å². The van der Waals surface area contributed by atoms with Crippen LogP contribution in [0.3, 0.4) is 0 Å². The summed E-state index contributed by atoms with van der Waals surface area (Å²) in [5.41, 5.74) is 2.88. The van der Waals surface area contributed by atoms with Gasteiger partial charge >= 0.3 is 0 Å². The minimum atomic E-state index is 0. The van der Waals surface area contributed by atoms with Crippen LogP contribution in [0, 0.1) is 0 Å². The summed E-state index contributed by atoms with van der Waals surface area (Å²) in [7, 11) is 0. The molecule has 0 spiro atoms. The van der Waals surface area contributed by atoms with Crippen LogP contribution >= 0.6 is 0 Å². The Morgan fingerprint density at radius 3 is 2.88 bits per heavy atom. The second-order valence-electron chi connectivity index (χ2n) is 1.75. The van der Waals surface area contributed by atoms with Gasteiger partial charge in [-0.3, -0.25) is 10.7 Å². The van der Waals surface area contributed by atoms with Gasteiger partial charge in [0.05, 0.1) is 5.70 Å². The summed E-state index contributed by atoms with van der Waals surface area (Å²) in [5, 5.41) is 8.32. The van der Waals surface area contributed by atoms with Gasteiger partial charge in [0, 0.05) is 1.43 Å². The normalized spacial score (nSPS) is 17.9. The minimum Gasteiger partial charge on any atom is -0.291 e. The molecule has 0 aliphatic heterocycles. The van der Waals surface area contributed by atoms with Crippen molar-refractivity contribution < 1.29 is 6.63 Å². The first-order valence-electron chi connectivity index (χ1n) is 2.70. The van der Waals surface area contributed by atoms with Gasteiger partial charge in [0.2, 0.25) is 0 Å². The van der Waals surface area contributed by atoms with Gasteiger partial charge in [0.25, 0.3) is 0 Å². The summed E-state index contributed by atoms with van der Waals surface area (Å²) < 4.78 is 0. The smallest absolute Gasteiger partial charge is 0.0559 e. The third-order valence-corrected chi connectivity index (χ3v) is 1.12. The average Bonchev–Trinajstić information content (AvgIpc) is 1.90. The van der Waals surface area contributed by atoms with E-state index in [1.807, 2.05) is 18.2 Å². The summed E-state index contributed by atoms with van der Waals surface area (Å²) in [5.74, 6) is 0. The Morgan fingerprint density at radius 1 is 1.62 bits per heavy atom. The molecule has 2 heteroatoms. The Kier molecular flexibility index (Phi) is 1.70. The zero-order valence-electron chi connectivity index (χ0n) is 4.59. The molecule has 0 amide bonds. The Labute approximate surface area is 50.0 Å². The summed E-state index contributed by atoms with van der Waals surface area (Å²) in [6.07, 6.45) is 7.96. The molecule has 0 aromatic carbocycles. The SMILES string of the molecule is ONC1=CCCC=C1.[HH]. The molecule has 0 fully saturated rings. The summed E-state index contributed by atoms with van der Waals surface area (Å²) >= 11 is 0. The number of hydrogen-bond donors (Lipinski definition) is 2. The second-order valence-corrected chi connectivity index (χ2v) is 1.75. The molecule has 1 aliphatic carbocycles. The number of hydroxylamine groups is 1. The van der Waals surface area contributed by atoms with Crippen molar-refractivity contribution in [2.24, 2.45) is 0 Å². The van der Waals surface area contributed by atoms with E-state index in [1.165, 1.54) is 0 Å². The van der Waals surface area contributed by atoms with Gasteiger partial charge in [-0.25, -0.2) is 0 Å². The van der Waals surface area contributed by atoms with E-state index >= 15 is 0 Å². The topological polar surface area (TPSA) is 32.3 Å². The molecule has 0 saturated heterocycles. The average molecular weight is 113 g/mol. The van der Waals surface area contributed by atoms with E-state index in [1.54, 1.807) is 0 Å². The van der Waals surface area contributed by atoms with Crippen molar-refractivity contribution in [2.75, 3.05) is 0 Å². The fourth-order valence-electron chi connectivity index (χ4n) is 0.696. The maximum Gasteiger partial charge on any atom is 0.0559 e. The third-order valence-electron chi connectivity index (χ3n) is 1.12. The predicted molar refractivity (Wildman–Crippen MR) is 33.5 cm³/mol. The first kappa shape index (κ1) is 5.38. The minimum absolute atomic E-state index is 0. The maximum absolute atomic E-state index is 8.32. The molecule has 1 rings (SSSR count). The zero-order chi connectivity index (χ0) is 5.82. The molecule has 0 radical (unpaired) electrons. The number of allylic oxidation sites excluding steroid dienone is 3. The van der Waals surface area contributed by atoms with E-state index in [0.717, 1.165) is 18.5 Å². The maximum atomic E-state index is 8.32. The largest absolute Gasteiger partial charge is 0.291 e. The molecule has 0 bridgehead atoms. The van der Waals surface area contributed by atoms with Crippen LogP contribution in [0.15, 0.2) is 23.9 Å². The van der Waals surface area contributed by atoms with Crippen LogP contribution in [0.1, 0.15) is 14.3 Å². The first-order chi connectivity index (χ1) is 3.93. The molecule has 0 heterocycles. The van der Waals surface area contributed by atoms with Crippen LogP contribution in [0.5, 0.6) is 0 Å². The van der Waals surface area contributed by atoms with Gasteiger partial charge in [0.1, 0.15) is 0 Å². The fraction of sp³-hybridized carbons (Fsp3) is 0.333. The van der Waals surface area contributed by atoms with E-state index in [-0.39, 0.29) is 1.43 Å². The Hall–Kier alpha value is -0.760. The van der Waals surface area contributed by atoms with Crippen molar-refractivity contribution in [3.05, 3.63) is 23.9 Å². The van der Waals surface area contributed by atoms with E-state index in [0.29, 0.717) is 0 Å². The lowest BCUT2D eigenvalue weighted by atomic mass is 10.2. The predicted octanol–water partition coefficient (Wildman–Crippen LogP) is 1.45. The molecule has 1 aliphatic rings. The fourth-order valence-corrected chi connectivity index (χ4v) is 0.696. The Morgan fingerprint density at radius 2 is 2.50 bits per heavy atom. The lowest BCUT2D eigenvalue weighted by Crippen LogP contribution is -2.05. The van der Waals surface area contributed by atoms with Gasteiger partial charge in [-0.1, -0.05) is 12.2 Å². The highest BCUT2D eigenvalue weighted by Crippen LogP contribution is 2.04. The molecule has 2 N–H and O–H groups in total. The molecule has 0 unspecified atom stereocenters. The van der Waals surface area contributed by atoms with Crippen molar-refractivity contribution in [3.8, 4) is 0 Å². The van der Waals surface area contributed by atoms with Crippen LogP contribution in [-0.4, -0.2) is 5.21 Å². The number of nitrogens with one attached hydrogen (secondary N) is 1. The molecule has 46 valence electrons. The van der Waals surface area contributed by atoms with E-state index in [2.05, 4.69) is 5.48 Å². The Bertz CT molecular complexity index is 131. The molecule has 0 atom stereocenters. The first-order valence-corrected chi connectivity index (χ1v) is 2.70. The van der Waals surface area contributed by atoms with Crippen LogP contribution in [0.2, 0.25) is 0 Å². The highest BCUT2D eigenvalue weighted by Gasteiger charge is 1.91.